The second kappa shape index (κ2) is 6.23. The molecule has 0 bridgehead atoms. The summed E-state index contributed by atoms with van der Waals surface area (Å²) in [7, 11) is 0. The van der Waals surface area contributed by atoms with Crippen LogP contribution in [-0.2, 0) is 6.54 Å². The summed E-state index contributed by atoms with van der Waals surface area (Å²) in [5, 5.41) is 4.88. The summed E-state index contributed by atoms with van der Waals surface area (Å²) < 4.78 is 0. The molecule has 2 aliphatic heterocycles. The second-order valence-electron chi connectivity index (χ2n) is 6.34. The SMILES string of the molecule is Clc1ccc(CN2CCCC3(CCCNC3)C2)cc1Cl. The summed E-state index contributed by atoms with van der Waals surface area (Å²) >= 11 is 12.1. The molecule has 1 N–H and O–H groups in total. The molecule has 1 atom stereocenters. The topological polar surface area (TPSA) is 15.3 Å². The normalized spacial score (nSPS) is 27.9. The van der Waals surface area contributed by atoms with Crippen LogP contribution in [0.2, 0.25) is 10.0 Å². The Morgan fingerprint density at radius 2 is 2.00 bits per heavy atom. The van der Waals surface area contributed by atoms with Crippen molar-refractivity contribution in [2.75, 3.05) is 26.2 Å². The second-order valence-corrected chi connectivity index (χ2v) is 7.16. The van der Waals surface area contributed by atoms with Gasteiger partial charge in [-0.2, -0.15) is 0 Å². The van der Waals surface area contributed by atoms with Gasteiger partial charge in [0, 0.05) is 19.6 Å². The van der Waals surface area contributed by atoms with Gasteiger partial charge in [-0.25, -0.2) is 0 Å². The van der Waals surface area contributed by atoms with Crippen LogP contribution >= 0.6 is 23.2 Å². The van der Waals surface area contributed by atoms with E-state index >= 15 is 0 Å². The van der Waals surface area contributed by atoms with Crippen LogP contribution in [0.4, 0.5) is 0 Å². The molecule has 0 saturated carbocycles. The molecule has 2 fully saturated rings. The average Bonchev–Trinajstić information content (AvgIpc) is 2.44. The van der Waals surface area contributed by atoms with Crippen LogP contribution in [0, 0.1) is 5.41 Å². The summed E-state index contributed by atoms with van der Waals surface area (Å²) in [6.45, 7) is 5.76. The third kappa shape index (κ3) is 3.30. The maximum absolute atomic E-state index is 6.11. The maximum Gasteiger partial charge on any atom is 0.0595 e. The monoisotopic (exact) mass is 312 g/mol. The molecule has 2 aliphatic rings. The minimum atomic E-state index is 0.507. The van der Waals surface area contributed by atoms with E-state index in [1.807, 2.05) is 12.1 Å². The highest BCUT2D eigenvalue weighted by atomic mass is 35.5. The van der Waals surface area contributed by atoms with Crippen LogP contribution in [0.1, 0.15) is 31.2 Å². The van der Waals surface area contributed by atoms with Crippen molar-refractivity contribution >= 4 is 23.2 Å². The Bertz CT molecular complexity index is 464. The Morgan fingerprint density at radius 3 is 2.75 bits per heavy atom. The summed E-state index contributed by atoms with van der Waals surface area (Å²) in [5.74, 6) is 0. The van der Waals surface area contributed by atoms with E-state index in [4.69, 9.17) is 23.2 Å². The van der Waals surface area contributed by atoms with E-state index in [0.29, 0.717) is 15.5 Å². The van der Waals surface area contributed by atoms with Gasteiger partial charge in [-0.05, 0) is 61.9 Å². The lowest BCUT2D eigenvalue weighted by molar-refractivity contribution is 0.0601. The van der Waals surface area contributed by atoms with Gasteiger partial charge in [0.15, 0.2) is 0 Å². The molecule has 0 amide bonds. The molecule has 0 aliphatic carbocycles. The van der Waals surface area contributed by atoms with Gasteiger partial charge in [0.2, 0.25) is 0 Å². The van der Waals surface area contributed by atoms with E-state index in [-0.39, 0.29) is 0 Å². The number of halogens is 2. The Balaban J connectivity index is 1.66. The van der Waals surface area contributed by atoms with E-state index in [2.05, 4.69) is 16.3 Å². The highest BCUT2D eigenvalue weighted by molar-refractivity contribution is 6.42. The molecule has 2 saturated heterocycles. The molecule has 1 aromatic rings. The first-order chi connectivity index (χ1) is 9.67. The zero-order valence-corrected chi connectivity index (χ0v) is 13.3. The predicted molar refractivity (Wildman–Crippen MR) is 85.5 cm³/mol. The van der Waals surface area contributed by atoms with Crippen molar-refractivity contribution < 1.29 is 0 Å². The Labute approximate surface area is 131 Å². The van der Waals surface area contributed by atoms with Gasteiger partial charge in [0.25, 0.3) is 0 Å². The first-order valence-corrected chi connectivity index (χ1v) is 8.30. The van der Waals surface area contributed by atoms with Gasteiger partial charge >= 0.3 is 0 Å². The molecule has 1 aromatic carbocycles. The molecule has 2 heterocycles. The van der Waals surface area contributed by atoms with Gasteiger partial charge < -0.3 is 5.32 Å². The van der Waals surface area contributed by atoms with Crippen LogP contribution in [0.25, 0.3) is 0 Å². The first kappa shape index (κ1) is 14.6. The lowest BCUT2D eigenvalue weighted by Gasteiger charge is -2.45. The highest BCUT2D eigenvalue weighted by Crippen LogP contribution is 2.36. The van der Waals surface area contributed by atoms with Crippen molar-refractivity contribution in [3.05, 3.63) is 33.8 Å². The molecule has 110 valence electrons. The fourth-order valence-electron chi connectivity index (χ4n) is 3.72. The van der Waals surface area contributed by atoms with Crippen LogP contribution in [0.5, 0.6) is 0 Å². The smallest absolute Gasteiger partial charge is 0.0595 e. The van der Waals surface area contributed by atoms with E-state index in [9.17, 15) is 0 Å². The Kier molecular flexibility index (Phi) is 4.56. The number of piperidine rings is 2. The summed E-state index contributed by atoms with van der Waals surface area (Å²) in [4.78, 5) is 2.58. The third-order valence-corrected chi connectivity index (χ3v) is 5.43. The number of rotatable bonds is 2. The van der Waals surface area contributed by atoms with Gasteiger partial charge in [-0.1, -0.05) is 29.3 Å². The third-order valence-electron chi connectivity index (χ3n) is 4.69. The van der Waals surface area contributed by atoms with Crippen molar-refractivity contribution in [2.45, 2.75) is 32.2 Å². The molecule has 0 aromatic heterocycles. The number of hydrogen-bond donors (Lipinski definition) is 1. The maximum atomic E-state index is 6.11. The van der Waals surface area contributed by atoms with Crippen LogP contribution in [-0.4, -0.2) is 31.1 Å². The largest absolute Gasteiger partial charge is 0.316 e. The van der Waals surface area contributed by atoms with Crippen LogP contribution in [0.3, 0.4) is 0 Å². The van der Waals surface area contributed by atoms with E-state index in [1.54, 1.807) is 0 Å². The fraction of sp³-hybridized carbons (Fsp3) is 0.625. The number of benzene rings is 1. The summed E-state index contributed by atoms with van der Waals surface area (Å²) in [6.07, 6.45) is 5.37. The molecule has 3 rings (SSSR count). The minimum absolute atomic E-state index is 0.507. The van der Waals surface area contributed by atoms with Crippen molar-refractivity contribution in [3.8, 4) is 0 Å². The molecule has 1 unspecified atom stereocenters. The van der Waals surface area contributed by atoms with Gasteiger partial charge in [-0.15, -0.1) is 0 Å². The van der Waals surface area contributed by atoms with Gasteiger partial charge in [-0.3, -0.25) is 4.90 Å². The van der Waals surface area contributed by atoms with Gasteiger partial charge in [0.1, 0.15) is 0 Å². The molecular formula is C16H22Cl2N2. The van der Waals surface area contributed by atoms with Crippen molar-refractivity contribution in [1.82, 2.24) is 10.2 Å². The quantitative estimate of drug-likeness (QED) is 0.889. The fourth-order valence-corrected chi connectivity index (χ4v) is 4.04. The molecule has 1 spiro atoms. The Hall–Kier alpha value is -0.280. The predicted octanol–water partition coefficient (Wildman–Crippen LogP) is 3.96. The number of nitrogens with one attached hydrogen (secondary N) is 1. The number of hydrogen-bond acceptors (Lipinski definition) is 2. The lowest BCUT2D eigenvalue weighted by Crippen LogP contribution is -2.50. The lowest BCUT2D eigenvalue weighted by atomic mass is 9.74. The average molecular weight is 313 g/mol. The molecular weight excluding hydrogens is 291 g/mol. The van der Waals surface area contributed by atoms with Crippen LogP contribution < -0.4 is 5.32 Å². The summed E-state index contributed by atoms with van der Waals surface area (Å²) in [5.41, 5.74) is 1.77. The zero-order valence-electron chi connectivity index (χ0n) is 11.8. The Morgan fingerprint density at radius 1 is 1.15 bits per heavy atom. The highest BCUT2D eigenvalue weighted by Gasteiger charge is 2.36. The standard InChI is InChI=1S/C16H22Cl2N2/c17-14-4-3-13(9-15(14)18)10-20-8-2-6-16(12-20)5-1-7-19-11-16/h3-4,9,19H,1-2,5-8,10-12H2. The van der Waals surface area contributed by atoms with E-state index in [1.165, 1.54) is 57.4 Å². The van der Waals surface area contributed by atoms with Crippen molar-refractivity contribution in [3.63, 3.8) is 0 Å². The molecule has 0 radical (unpaired) electrons. The van der Waals surface area contributed by atoms with Crippen molar-refractivity contribution in [2.24, 2.45) is 5.41 Å². The molecule has 4 heteroatoms. The van der Waals surface area contributed by atoms with E-state index in [0.717, 1.165) is 6.54 Å². The molecule has 20 heavy (non-hydrogen) atoms. The number of nitrogens with zero attached hydrogens (tertiary/aromatic N) is 1. The van der Waals surface area contributed by atoms with Gasteiger partial charge in [0.05, 0.1) is 10.0 Å². The zero-order chi connectivity index (χ0) is 14.0. The summed E-state index contributed by atoms with van der Waals surface area (Å²) in [6, 6.07) is 6.00. The molecule has 2 nitrogen and oxygen atoms in total. The van der Waals surface area contributed by atoms with E-state index < -0.39 is 0 Å². The minimum Gasteiger partial charge on any atom is -0.316 e. The first-order valence-electron chi connectivity index (χ1n) is 7.54. The van der Waals surface area contributed by atoms with Crippen LogP contribution in [0.15, 0.2) is 18.2 Å². The number of likely N-dealkylation sites (tertiary alicyclic amines) is 1. The van der Waals surface area contributed by atoms with Crippen molar-refractivity contribution in [1.29, 1.82) is 0 Å².